The predicted octanol–water partition coefficient (Wildman–Crippen LogP) is 2.06. The molecule has 2 N–H and O–H groups in total. The molecule has 0 atom stereocenters. The van der Waals surface area contributed by atoms with Gasteiger partial charge >= 0.3 is 0 Å². The first-order chi connectivity index (χ1) is 10.9. The highest BCUT2D eigenvalue weighted by molar-refractivity contribution is 7.92. The Labute approximate surface area is 134 Å². The molecule has 2 rings (SSSR count). The van der Waals surface area contributed by atoms with Crippen LogP contribution in [0.5, 0.6) is 0 Å². The van der Waals surface area contributed by atoms with Crippen molar-refractivity contribution >= 4 is 33.0 Å². The van der Waals surface area contributed by atoms with Crippen LogP contribution in [0.15, 0.2) is 59.5 Å². The van der Waals surface area contributed by atoms with Crippen molar-refractivity contribution in [3.05, 3.63) is 54.6 Å². The van der Waals surface area contributed by atoms with E-state index in [1.165, 1.54) is 19.1 Å². The summed E-state index contributed by atoms with van der Waals surface area (Å²) in [6, 6.07) is 14.3. The highest BCUT2D eigenvalue weighted by Gasteiger charge is 2.19. The largest absolute Gasteiger partial charge is 0.326 e. The van der Waals surface area contributed by atoms with E-state index in [-0.39, 0.29) is 10.8 Å². The summed E-state index contributed by atoms with van der Waals surface area (Å²) >= 11 is 0. The molecule has 2 aromatic rings. The van der Waals surface area contributed by atoms with E-state index in [9.17, 15) is 18.0 Å². The summed E-state index contributed by atoms with van der Waals surface area (Å²) in [4.78, 5) is 23.1. The Balaban J connectivity index is 2.07. The summed E-state index contributed by atoms with van der Waals surface area (Å²) in [5, 5.41) is 5.10. The first-order valence-corrected chi connectivity index (χ1v) is 8.47. The van der Waals surface area contributed by atoms with Crippen LogP contribution in [0.3, 0.4) is 0 Å². The summed E-state index contributed by atoms with van der Waals surface area (Å²) in [6.45, 7) is 1.37. The number of carbonyl (C=O) groups is 2. The van der Waals surface area contributed by atoms with Gasteiger partial charge in [-0.25, -0.2) is 8.42 Å². The van der Waals surface area contributed by atoms with E-state index < -0.39 is 21.5 Å². The number of amides is 2. The maximum absolute atomic E-state index is 12.1. The summed E-state index contributed by atoms with van der Waals surface area (Å²) in [5.74, 6) is -1.53. The number of hydrogen-bond donors (Lipinski definition) is 2. The lowest BCUT2D eigenvalue weighted by atomic mass is 10.2. The van der Waals surface area contributed by atoms with E-state index in [0.29, 0.717) is 11.4 Å². The minimum Gasteiger partial charge on any atom is -0.326 e. The average molecular weight is 332 g/mol. The second kappa shape index (κ2) is 7.06. The van der Waals surface area contributed by atoms with E-state index in [4.69, 9.17) is 0 Å². The lowest BCUT2D eigenvalue weighted by Crippen LogP contribution is -2.23. The van der Waals surface area contributed by atoms with Gasteiger partial charge in [0.05, 0.1) is 4.90 Å². The molecule has 0 saturated heterocycles. The Morgan fingerprint density at radius 3 is 2.13 bits per heavy atom. The zero-order valence-electron chi connectivity index (χ0n) is 12.4. The fraction of sp³-hybridized carbons (Fsp3) is 0.125. The monoisotopic (exact) mass is 332 g/mol. The minimum atomic E-state index is -3.69. The van der Waals surface area contributed by atoms with Gasteiger partial charge in [-0.15, -0.1) is 0 Å². The van der Waals surface area contributed by atoms with Crippen molar-refractivity contribution in [3.8, 4) is 0 Å². The molecule has 7 heteroatoms. The van der Waals surface area contributed by atoms with Crippen LogP contribution in [0.1, 0.15) is 6.92 Å². The van der Waals surface area contributed by atoms with Crippen molar-refractivity contribution in [2.24, 2.45) is 0 Å². The third-order valence-corrected chi connectivity index (χ3v) is 4.52. The molecule has 120 valence electrons. The number of carbonyl (C=O) groups excluding carboxylic acids is 2. The zero-order chi connectivity index (χ0) is 16.9. The third kappa shape index (κ3) is 4.93. The maximum Gasteiger partial charge on any atom is 0.239 e. The minimum absolute atomic E-state index is 0.0992. The van der Waals surface area contributed by atoms with E-state index in [2.05, 4.69) is 10.6 Å². The lowest BCUT2D eigenvalue weighted by Gasteiger charge is -2.08. The van der Waals surface area contributed by atoms with Crippen molar-refractivity contribution < 1.29 is 18.0 Å². The van der Waals surface area contributed by atoms with Gasteiger partial charge in [0, 0.05) is 18.3 Å². The Kier molecular flexibility index (Phi) is 5.13. The highest BCUT2D eigenvalue weighted by Crippen LogP contribution is 2.16. The van der Waals surface area contributed by atoms with E-state index >= 15 is 0 Å². The first kappa shape index (κ1) is 16.7. The lowest BCUT2D eigenvalue weighted by molar-refractivity contribution is -0.114. The molecular formula is C16H16N2O4S. The van der Waals surface area contributed by atoms with Gasteiger partial charge in [0.2, 0.25) is 11.8 Å². The van der Waals surface area contributed by atoms with Gasteiger partial charge in [0.25, 0.3) is 0 Å². The molecule has 0 aromatic heterocycles. The molecular weight excluding hydrogens is 316 g/mol. The fourth-order valence-electron chi connectivity index (χ4n) is 1.96. The van der Waals surface area contributed by atoms with Gasteiger partial charge in [-0.1, -0.05) is 24.3 Å². The van der Waals surface area contributed by atoms with Crippen molar-refractivity contribution in [2.75, 3.05) is 16.4 Å². The molecule has 0 aliphatic heterocycles. The predicted molar refractivity (Wildman–Crippen MR) is 87.9 cm³/mol. The van der Waals surface area contributed by atoms with Crippen LogP contribution in [-0.4, -0.2) is 26.0 Å². The third-order valence-electron chi connectivity index (χ3n) is 2.89. The molecule has 6 nitrogen and oxygen atoms in total. The SMILES string of the molecule is CC(=O)Nc1cccc(NC(=O)CS(=O)(=O)c2ccccc2)c1. The van der Waals surface area contributed by atoms with Gasteiger partial charge < -0.3 is 10.6 Å². The molecule has 0 saturated carbocycles. The molecule has 0 unspecified atom stereocenters. The fourth-order valence-corrected chi connectivity index (χ4v) is 3.11. The summed E-state index contributed by atoms with van der Waals surface area (Å²) < 4.78 is 24.3. The molecule has 0 bridgehead atoms. The Bertz CT molecular complexity index is 817. The smallest absolute Gasteiger partial charge is 0.239 e. The van der Waals surface area contributed by atoms with Crippen LogP contribution < -0.4 is 10.6 Å². The van der Waals surface area contributed by atoms with Gasteiger partial charge in [0.15, 0.2) is 9.84 Å². The molecule has 0 aliphatic carbocycles. The molecule has 23 heavy (non-hydrogen) atoms. The first-order valence-electron chi connectivity index (χ1n) is 6.82. The summed E-state index contributed by atoms with van der Waals surface area (Å²) in [7, 11) is -3.69. The van der Waals surface area contributed by atoms with Crippen molar-refractivity contribution in [3.63, 3.8) is 0 Å². The van der Waals surface area contributed by atoms with Gasteiger partial charge in [-0.05, 0) is 30.3 Å². The number of anilines is 2. The molecule has 0 aliphatic rings. The standard InChI is InChI=1S/C16H16N2O4S/c1-12(19)17-13-6-5-7-14(10-13)18-16(20)11-23(21,22)15-8-3-2-4-9-15/h2-10H,11H2,1H3,(H,17,19)(H,18,20). The Hall–Kier alpha value is -2.67. The van der Waals surface area contributed by atoms with Gasteiger partial charge in [-0.3, -0.25) is 9.59 Å². The number of nitrogens with one attached hydrogen (secondary N) is 2. The van der Waals surface area contributed by atoms with Crippen LogP contribution in [0.2, 0.25) is 0 Å². The highest BCUT2D eigenvalue weighted by atomic mass is 32.2. The molecule has 2 amide bonds. The molecule has 0 fully saturated rings. The second-order valence-electron chi connectivity index (χ2n) is 4.88. The Morgan fingerprint density at radius 2 is 1.52 bits per heavy atom. The summed E-state index contributed by atoms with van der Waals surface area (Å²) in [6.07, 6.45) is 0. The van der Waals surface area contributed by atoms with Crippen molar-refractivity contribution in [2.45, 2.75) is 11.8 Å². The zero-order valence-corrected chi connectivity index (χ0v) is 13.3. The van der Waals surface area contributed by atoms with Crippen LogP contribution in [0.25, 0.3) is 0 Å². The van der Waals surface area contributed by atoms with Crippen LogP contribution >= 0.6 is 0 Å². The van der Waals surface area contributed by atoms with Crippen LogP contribution in [0, 0.1) is 0 Å². The quantitative estimate of drug-likeness (QED) is 0.876. The second-order valence-corrected chi connectivity index (χ2v) is 6.87. The number of rotatable bonds is 5. The van der Waals surface area contributed by atoms with Crippen LogP contribution in [-0.2, 0) is 19.4 Å². The maximum atomic E-state index is 12.1. The molecule has 0 spiro atoms. The molecule has 0 radical (unpaired) electrons. The van der Waals surface area contributed by atoms with Gasteiger partial charge in [0.1, 0.15) is 5.75 Å². The number of sulfone groups is 1. The van der Waals surface area contributed by atoms with Crippen molar-refractivity contribution in [1.82, 2.24) is 0 Å². The number of benzene rings is 2. The van der Waals surface area contributed by atoms with E-state index in [0.717, 1.165) is 0 Å². The van der Waals surface area contributed by atoms with Crippen molar-refractivity contribution in [1.29, 1.82) is 0 Å². The Morgan fingerprint density at radius 1 is 0.913 bits per heavy atom. The topological polar surface area (TPSA) is 92.3 Å². The van der Waals surface area contributed by atoms with Gasteiger partial charge in [-0.2, -0.15) is 0 Å². The average Bonchev–Trinajstić information content (AvgIpc) is 2.47. The molecule has 2 aromatic carbocycles. The number of hydrogen-bond acceptors (Lipinski definition) is 4. The van der Waals surface area contributed by atoms with E-state index in [1.54, 1.807) is 42.5 Å². The normalized spacial score (nSPS) is 10.8. The van der Waals surface area contributed by atoms with E-state index in [1.807, 2.05) is 0 Å². The van der Waals surface area contributed by atoms with Crippen LogP contribution in [0.4, 0.5) is 11.4 Å². The summed E-state index contributed by atoms with van der Waals surface area (Å²) in [5.41, 5.74) is 0.922. The molecule has 0 heterocycles.